The molecule has 9 rings (SSSR count). The van der Waals surface area contributed by atoms with Crippen LogP contribution in [-0.4, -0.2) is 4.57 Å². The number of hydrogen-bond acceptors (Lipinski definition) is 3. The molecule has 1 aliphatic carbocycles. The van der Waals surface area contributed by atoms with Crippen molar-refractivity contribution in [1.82, 2.24) is 4.57 Å². The van der Waals surface area contributed by atoms with Crippen LogP contribution in [0.5, 0.6) is 11.5 Å². The lowest BCUT2D eigenvalue weighted by atomic mass is 10.0. The summed E-state index contributed by atoms with van der Waals surface area (Å²) in [6, 6.07) is 53.4. The third-order valence-corrected chi connectivity index (χ3v) is 9.06. The first-order valence-electron chi connectivity index (χ1n) is 15.8. The molecule has 4 nitrogen and oxygen atoms in total. The van der Waals surface area contributed by atoms with Crippen molar-refractivity contribution in [2.45, 2.75) is 12.8 Å². The van der Waals surface area contributed by atoms with Gasteiger partial charge in [-0.05, 0) is 91.7 Å². The minimum Gasteiger partial charge on any atom is -0.453 e. The van der Waals surface area contributed by atoms with Crippen LogP contribution in [0.3, 0.4) is 0 Å². The SMILES string of the molecule is C1=C(N2c3ccccc3Oc3ccccc32)CCC(n2c3ccccc3c3c(N(c4ccccc4)c4ccccc4)cccc32)=C1. The molecule has 0 saturated carbocycles. The van der Waals surface area contributed by atoms with Gasteiger partial charge in [0.15, 0.2) is 11.5 Å². The lowest BCUT2D eigenvalue weighted by molar-refractivity contribution is 0.475. The smallest absolute Gasteiger partial charge is 0.151 e. The lowest BCUT2D eigenvalue weighted by Gasteiger charge is -2.35. The van der Waals surface area contributed by atoms with Crippen LogP contribution >= 0.6 is 0 Å². The Morgan fingerprint density at radius 1 is 0.478 bits per heavy atom. The van der Waals surface area contributed by atoms with Crippen molar-refractivity contribution in [3.05, 3.63) is 170 Å². The number of rotatable bonds is 5. The zero-order valence-electron chi connectivity index (χ0n) is 25.3. The molecule has 0 bridgehead atoms. The number of hydrogen-bond donors (Lipinski definition) is 0. The molecule has 2 aliphatic rings. The molecule has 0 N–H and O–H groups in total. The van der Waals surface area contributed by atoms with Gasteiger partial charge in [0.1, 0.15) is 0 Å². The second-order valence-electron chi connectivity index (χ2n) is 11.7. The molecule has 7 aromatic rings. The summed E-state index contributed by atoms with van der Waals surface area (Å²) in [7, 11) is 0. The number of ether oxygens (including phenoxy) is 1. The van der Waals surface area contributed by atoms with Crippen molar-refractivity contribution >= 4 is 55.9 Å². The number of anilines is 5. The second-order valence-corrected chi connectivity index (χ2v) is 11.7. The normalized spacial score (nSPS) is 13.9. The van der Waals surface area contributed by atoms with Crippen molar-refractivity contribution in [1.29, 1.82) is 0 Å². The summed E-state index contributed by atoms with van der Waals surface area (Å²) in [4.78, 5) is 4.74. The van der Waals surface area contributed by atoms with Gasteiger partial charge in [0.05, 0.1) is 28.1 Å². The Kier molecular flexibility index (Phi) is 6.24. The fourth-order valence-electron chi connectivity index (χ4n) is 7.08. The maximum absolute atomic E-state index is 6.28. The average Bonchev–Trinajstić information content (AvgIpc) is 3.47. The Balaban J connectivity index is 1.21. The van der Waals surface area contributed by atoms with Gasteiger partial charge in [-0.1, -0.05) is 84.9 Å². The third-order valence-electron chi connectivity index (χ3n) is 9.06. The predicted molar refractivity (Wildman–Crippen MR) is 191 cm³/mol. The van der Waals surface area contributed by atoms with E-state index in [9.17, 15) is 0 Å². The van der Waals surface area contributed by atoms with Crippen LogP contribution in [0.2, 0.25) is 0 Å². The van der Waals surface area contributed by atoms with E-state index in [0.717, 1.165) is 47.1 Å². The van der Waals surface area contributed by atoms with E-state index < -0.39 is 0 Å². The Morgan fingerprint density at radius 2 is 1.02 bits per heavy atom. The Morgan fingerprint density at radius 3 is 1.67 bits per heavy atom. The lowest BCUT2D eigenvalue weighted by Crippen LogP contribution is -2.22. The quantitative estimate of drug-likeness (QED) is 0.198. The summed E-state index contributed by atoms with van der Waals surface area (Å²) in [6.07, 6.45) is 6.42. The summed E-state index contributed by atoms with van der Waals surface area (Å²) < 4.78 is 8.75. The zero-order valence-corrected chi connectivity index (χ0v) is 25.3. The zero-order chi connectivity index (χ0) is 30.5. The molecular formula is C42H31N3O. The highest BCUT2D eigenvalue weighted by Gasteiger charge is 2.28. The minimum atomic E-state index is 0.883. The van der Waals surface area contributed by atoms with Crippen molar-refractivity contribution in [3.63, 3.8) is 0 Å². The highest BCUT2D eigenvalue weighted by Crippen LogP contribution is 2.50. The van der Waals surface area contributed by atoms with Crippen molar-refractivity contribution in [2.75, 3.05) is 9.80 Å². The standard InChI is InChI=1S/C42H31N3O/c1-3-14-30(15-4-1)43(31-16-5-2-6-17-31)38-22-13-23-39-42(38)34-18-7-8-19-35(34)44(39)32-26-28-33(29-27-32)45-36-20-9-11-24-40(36)46-41-25-12-10-21-37(41)45/h1-26,28H,27,29H2. The molecule has 0 saturated heterocycles. The van der Waals surface area contributed by atoms with Crippen molar-refractivity contribution < 1.29 is 4.74 Å². The number of aromatic nitrogens is 1. The van der Waals surface area contributed by atoms with Crippen LogP contribution in [0.1, 0.15) is 12.8 Å². The predicted octanol–water partition coefficient (Wildman–Crippen LogP) is 11.7. The van der Waals surface area contributed by atoms with Crippen LogP contribution in [0.25, 0.3) is 27.5 Å². The van der Waals surface area contributed by atoms with Crippen molar-refractivity contribution in [2.24, 2.45) is 0 Å². The molecule has 1 aromatic heterocycles. The van der Waals surface area contributed by atoms with Crippen LogP contribution in [0.15, 0.2) is 170 Å². The molecular weight excluding hydrogens is 562 g/mol. The monoisotopic (exact) mass is 593 g/mol. The highest BCUT2D eigenvalue weighted by molar-refractivity contribution is 6.17. The minimum absolute atomic E-state index is 0.883. The molecule has 0 spiro atoms. The molecule has 0 radical (unpaired) electrons. The largest absolute Gasteiger partial charge is 0.453 e. The molecule has 46 heavy (non-hydrogen) atoms. The topological polar surface area (TPSA) is 20.6 Å². The van der Waals surface area contributed by atoms with E-state index in [-0.39, 0.29) is 0 Å². The number of benzene rings is 6. The molecule has 2 heterocycles. The van der Waals surface area contributed by atoms with E-state index in [1.54, 1.807) is 0 Å². The van der Waals surface area contributed by atoms with E-state index in [2.05, 4.69) is 154 Å². The van der Waals surface area contributed by atoms with Gasteiger partial charge < -0.3 is 19.1 Å². The van der Waals surface area contributed by atoms with Gasteiger partial charge in [-0.25, -0.2) is 0 Å². The molecule has 0 unspecified atom stereocenters. The van der Waals surface area contributed by atoms with Crippen LogP contribution in [0.4, 0.5) is 28.4 Å². The summed E-state index contributed by atoms with van der Waals surface area (Å²) in [5.41, 5.74) is 10.6. The Hall–Kier alpha value is -6.00. The first-order valence-corrected chi connectivity index (χ1v) is 15.8. The number of fused-ring (bicyclic) bond motifs is 5. The number of para-hydroxylation sites is 7. The first kappa shape index (κ1) is 26.4. The van der Waals surface area contributed by atoms with Crippen LogP contribution in [0, 0.1) is 0 Å². The van der Waals surface area contributed by atoms with E-state index in [1.807, 2.05) is 24.3 Å². The van der Waals surface area contributed by atoms with Crippen molar-refractivity contribution in [3.8, 4) is 11.5 Å². The van der Waals surface area contributed by atoms with Crippen LogP contribution < -0.4 is 14.5 Å². The number of allylic oxidation sites excluding steroid dienone is 4. The van der Waals surface area contributed by atoms with Gasteiger partial charge in [-0.3, -0.25) is 0 Å². The Labute approximate surface area is 268 Å². The molecule has 0 atom stereocenters. The second kappa shape index (κ2) is 10.9. The van der Waals surface area contributed by atoms with Gasteiger partial charge in [-0.15, -0.1) is 0 Å². The number of nitrogens with zero attached hydrogens (tertiary/aromatic N) is 3. The average molecular weight is 594 g/mol. The summed E-state index contributed by atoms with van der Waals surface area (Å²) in [5.74, 6) is 1.77. The van der Waals surface area contributed by atoms with Crippen LogP contribution in [-0.2, 0) is 0 Å². The Bertz CT molecular complexity index is 2210. The maximum Gasteiger partial charge on any atom is 0.151 e. The summed E-state index contributed by atoms with van der Waals surface area (Å²) in [6.45, 7) is 0. The highest BCUT2D eigenvalue weighted by atomic mass is 16.5. The molecule has 1 aliphatic heterocycles. The van der Waals surface area contributed by atoms with Gasteiger partial charge in [0, 0.05) is 33.5 Å². The van der Waals surface area contributed by atoms with Gasteiger partial charge in [0.2, 0.25) is 0 Å². The molecule has 220 valence electrons. The third kappa shape index (κ3) is 4.22. The fourth-order valence-corrected chi connectivity index (χ4v) is 7.08. The summed E-state index contributed by atoms with van der Waals surface area (Å²) >= 11 is 0. The van der Waals surface area contributed by atoms with E-state index in [0.29, 0.717) is 0 Å². The molecule has 0 fully saturated rings. The molecule has 4 heteroatoms. The van der Waals surface area contributed by atoms with Gasteiger partial charge in [0.25, 0.3) is 0 Å². The fraction of sp³-hybridized carbons (Fsp3) is 0.0476. The first-order chi connectivity index (χ1) is 22.8. The molecule has 6 aromatic carbocycles. The van der Waals surface area contributed by atoms with Gasteiger partial charge in [-0.2, -0.15) is 0 Å². The molecule has 0 amide bonds. The summed E-state index contributed by atoms with van der Waals surface area (Å²) in [5, 5.41) is 2.49. The van der Waals surface area contributed by atoms with E-state index >= 15 is 0 Å². The van der Waals surface area contributed by atoms with E-state index in [1.165, 1.54) is 38.9 Å². The van der Waals surface area contributed by atoms with E-state index in [4.69, 9.17) is 4.74 Å². The maximum atomic E-state index is 6.28. The van der Waals surface area contributed by atoms with Gasteiger partial charge >= 0.3 is 0 Å².